The lowest BCUT2D eigenvalue weighted by Gasteiger charge is -2.08. The summed E-state index contributed by atoms with van der Waals surface area (Å²) in [5.41, 5.74) is 0.838. The average molecular weight is 281 g/mol. The van der Waals surface area contributed by atoms with Crippen LogP contribution >= 0.6 is 0 Å². The predicted molar refractivity (Wildman–Crippen MR) is 77.6 cm³/mol. The minimum absolute atomic E-state index is 0.152. The Kier molecular flexibility index (Phi) is 3.76. The van der Waals surface area contributed by atoms with E-state index in [9.17, 15) is 8.42 Å². The third-order valence-electron chi connectivity index (χ3n) is 4.01. The van der Waals surface area contributed by atoms with Gasteiger partial charge in [-0.3, -0.25) is 0 Å². The average Bonchev–Trinajstić information content (AvgIpc) is 2.90. The number of sulfonamides is 1. The Labute approximate surface area is 116 Å². The topological polar surface area (TPSA) is 37.1 Å². The maximum atomic E-state index is 12.6. The number of aryl methyl sites for hydroxylation is 1. The number of rotatable bonds is 5. The van der Waals surface area contributed by atoms with E-state index in [1.807, 2.05) is 32.9 Å². The van der Waals surface area contributed by atoms with Crippen molar-refractivity contribution < 1.29 is 8.42 Å². The Morgan fingerprint density at radius 3 is 2.32 bits per heavy atom. The molecule has 0 N–H and O–H groups in total. The molecule has 1 aliphatic heterocycles. The molecule has 0 spiro atoms. The molecule has 1 aromatic carbocycles. The van der Waals surface area contributed by atoms with Crippen molar-refractivity contribution in [3.05, 3.63) is 29.8 Å². The smallest absolute Gasteiger partial charge is 0.207 e. The zero-order valence-electron chi connectivity index (χ0n) is 12.2. The Morgan fingerprint density at radius 2 is 1.79 bits per heavy atom. The highest BCUT2D eigenvalue weighted by Gasteiger charge is 2.61. The molecule has 1 aromatic rings. The Bertz CT molecular complexity index is 546. The van der Waals surface area contributed by atoms with Gasteiger partial charge in [0.05, 0.1) is 4.90 Å². The third-order valence-corrected chi connectivity index (χ3v) is 6.12. The lowest BCUT2D eigenvalue weighted by Crippen LogP contribution is -2.18. The second kappa shape index (κ2) is 4.91. The highest BCUT2D eigenvalue weighted by atomic mass is 32.2. The minimum Gasteiger partial charge on any atom is -0.207 e. The molecule has 1 heterocycles. The van der Waals surface area contributed by atoms with Crippen LogP contribution in [0.15, 0.2) is 29.2 Å². The fourth-order valence-electron chi connectivity index (χ4n) is 2.70. The number of hydrogen-bond donors (Lipinski definition) is 0. The Balaban J connectivity index is 2.24. The lowest BCUT2D eigenvalue weighted by atomic mass is 10.1. The molecule has 4 heteroatoms. The summed E-state index contributed by atoms with van der Waals surface area (Å²) in [6.07, 6.45) is 3.13. The zero-order valence-corrected chi connectivity index (χ0v) is 13.0. The fourth-order valence-corrected chi connectivity index (χ4v) is 4.80. The second-order valence-corrected chi connectivity index (χ2v) is 7.74. The Hall–Kier alpha value is -0.870. The molecule has 0 saturated carbocycles. The van der Waals surface area contributed by atoms with E-state index in [0.717, 1.165) is 24.8 Å². The van der Waals surface area contributed by atoms with Gasteiger partial charge in [0.15, 0.2) is 0 Å². The van der Waals surface area contributed by atoms with E-state index in [-0.39, 0.29) is 11.6 Å². The number of unbranched alkanes of at least 4 members (excludes halogenated alkanes) is 1. The van der Waals surface area contributed by atoms with Crippen LogP contribution in [-0.2, 0) is 10.0 Å². The van der Waals surface area contributed by atoms with E-state index in [1.54, 1.807) is 16.4 Å². The summed E-state index contributed by atoms with van der Waals surface area (Å²) in [5.74, 6) is 0. The Morgan fingerprint density at radius 1 is 1.21 bits per heavy atom. The molecule has 2 rings (SSSR count). The van der Waals surface area contributed by atoms with Gasteiger partial charge < -0.3 is 0 Å². The summed E-state index contributed by atoms with van der Waals surface area (Å²) in [7, 11) is -3.34. The molecule has 106 valence electrons. The minimum atomic E-state index is -3.34. The number of nitrogens with zero attached hydrogens (tertiary/aromatic N) is 1. The second-order valence-electron chi connectivity index (χ2n) is 5.93. The van der Waals surface area contributed by atoms with Crippen molar-refractivity contribution in [3.63, 3.8) is 0 Å². The van der Waals surface area contributed by atoms with Crippen molar-refractivity contribution in [2.75, 3.05) is 0 Å². The molecule has 0 aromatic heterocycles. The van der Waals surface area contributed by atoms with Crippen LogP contribution in [0.4, 0.5) is 0 Å². The third kappa shape index (κ3) is 2.56. The quantitative estimate of drug-likeness (QED) is 0.776. The molecule has 1 saturated heterocycles. The lowest BCUT2D eigenvalue weighted by molar-refractivity contribution is 0.524. The molecular formula is C15H23NO2S. The first-order chi connectivity index (χ1) is 8.81. The first kappa shape index (κ1) is 14.5. The largest absolute Gasteiger partial charge is 0.243 e. The van der Waals surface area contributed by atoms with Crippen LogP contribution in [0.3, 0.4) is 0 Å². The predicted octanol–water partition coefficient (Wildman–Crippen LogP) is 3.34. The van der Waals surface area contributed by atoms with Gasteiger partial charge in [0.25, 0.3) is 0 Å². The summed E-state index contributed by atoms with van der Waals surface area (Å²) >= 11 is 0. The molecule has 2 atom stereocenters. The molecule has 1 aliphatic rings. The molecule has 1 unspecified atom stereocenters. The number of benzene rings is 1. The van der Waals surface area contributed by atoms with Crippen molar-refractivity contribution in [2.45, 2.75) is 63.4 Å². The maximum Gasteiger partial charge on any atom is 0.243 e. The van der Waals surface area contributed by atoms with Gasteiger partial charge in [-0.25, -0.2) is 8.42 Å². The SMILES string of the molecule is CCCC[C@H]1N(S(=O)(=O)c2ccc(C)cc2)C1(C)C. The van der Waals surface area contributed by atoms with E-state index in [2.05, 4.69) is 6.92 Å². The summed E-state index contributed by atoms with van der Waals surface area (Å²) in [5, 5.41) is 0. The van der Waals surface area contributed by atoms with E-state index >= 15 is 0 Å². The van der Waals surface area contributed by atoms with Crippen LogP contribution in [0.1, 0.15) is 45.6 Å². The van der Waals surface area contributed by atoms with E-state index in [1.165, 1.54) is 0 Å². The van der Waals surface area contributed by atoms with Crippen LogP contribution in [0.2, 0.25) is 0 Å². The summed E-state index contributed by atoms with van der Waals surface area (Å²) in [6.45, 7) is 8.12. The van der Waals surface area contributed by atoms with Gasteiger partial charge in [0, 0.05) is 11.6 Å². The van der Waals surface area contributed by atoms with E-state index in [0.29, 0.717) is 4.90 Å². The molecule has 3 nitrogen and oxygen atoms in total. The van der Waals surface area contributed by atoms with Crippen LogP contribution in [0.5, 0.6) is 0 Å². The van der Waals surface area contributed by atoms with Gasteiger partial charge in [0.2, 0.25) is 10.0 Å². The van der Waals surface area contributed by atoms with Gasteiger partial charge in [-0.1, -0.05) is 37.5 Å². The van der Waals surface area contributed by atoms with Gasteiger partial charge in [0.1, 0.15) is 0 Å². The van der Waals surface area contributed by atoms with Crippen molar-refractivity contribution in [3.8, 4) is 0 Å². The highest BCUT2D eigenvalue weighted by molar-refractivity contribution is 7.89. The standard InChI is InChI=1S/C15H23NO2S/c1-5-6-7-14-15(3,4)16(14)19(17,18)13-10-8-12(2)9-11-13/h8-11,14H,5-7H2,1-4H3/t14-,16?/m1/s1. The van der Waals surface area contributed by atoms with Crippen LogP contribution in [-0.4, -0.2) is 24.3 Å². The molecule has 0 radical (unpaired) electrons. The van der Waals surface area contributed by atoms with Gasteiger partial charge in [-0.15, -0.1) is 0 Å². The maximum absolute atomic E-state index is 12.6. The van der Waals surface area contributed by atoms with Gasteiger partial charge >= 0.3 is 0 Å². The van der Waals surface area contributed by atoms with E-state index < -0.39 is 10.0 Å². The molecular weight excluding hydrogens is 258 g/mol. The van der Waals surface area contributed by atoms with Crippen LogP contribution < -0.4 is 0 Å². The molecule has 0 bridgehead atoms. The van der Waals surface area contributed by atoms with Crippen molar-refractivity contribution in [2.24, 2.45) is 0 Å². The normalized spacial score (nSPS) is 25.3. The van der Waals surface area contributed by atoms with Crippen molar-refractivity contribution >= 4 is 10.0 Å². The zero-order chi connectivity index (χ0) is 14.3. The van der Waals surface area contributed by atoms with E-state index in [4.69, 9.17) is 0 Å². The molecule has 0 amide bonds. The molecule has 19 heavy (non-hydrogen) atoms. The monoisotopic (exact) mass is 281 g/mol. The van der Waals surface area contributed by atoms with Crippen LogP contribution in [0, 0.1) is 6.92 Å². The molecule has 1 fully saturated rings. The van der Waals surface area contributed by atoms with Gasteiger partial charge in [-0.05, 0) is 39.3 Å². The van der Waals surface area contributed by atoms with Crippen molar-refractivity contribution in [1.29, 1.82) is 0 Å². The fraction of sp³-hybridized carbons (Fsp3) is 0.600. The first-order valence-corrected chi connectivity index (χ1v) is 8.37. The summed E-state index contributed by atoms with van der Waals surface area (Å²) < 4.78 is 26.9. The number of hydrogen-bond acceptors (Lipinski definition) is 2. The summed E-state index contributed by atoms with van der Waals surface area (Å²) in [6, 6.07) is 7.26. The summed E-state index contributed by atoms with van der Waals surface area (Å²) in [4.78, 5) is 0.408. The highest BCUT2D eigenvalue weighted by Crippen LogP contribution is 2.47. The first-order valence-electron chi connectivity index (χ1n) is 6.93. The molecule has 0 aliphatic carbocycles. The van der Waals surface area contributed by atoms with Gasteiger partial charge in [-0.2, -0.15) is 4.31 Å². The van der Waals surface area contributed by atoms with Crippen molar-refractivity contribution in [1.82, 2.24) is 4.31 Å². The van der Waals surface area contributed by atoms with Crippen LogP contribution in [0.25, 0.3) is 0 Å².